The maximum Gasteiger partial charge on any atom is 0.219 e. The lowest BCUT2D eigenvalue weighted by atomic mass is 10.3. The van der Waals surface area contributed by atoms with E-state index < -0.39 is 0 Å². The Morgan fingerprint density at radius 1 is 1.42 bits per heavy atom. The highest BCUT2D eigenvalue weighted by Gasteiger charge is 2.06. The van der Waals surface area contributed by atoms with Gasteiger partial charge in [-0.3, -0.25) is 4.68 Å². The molecule has 1 N–H and O–H groups in total. The van der Waals surface area contributed by atoms with Crippen molar-refractivity contribution in [3.63, 3.8) is 0 Å². The van der Waals surface area contributed by atoms with Crippen LogP contribution in [0.4, 0.5) is 0 Å². The van der Waals surface area contributed by atoms with Gasteiger partial charge in [-0.05, 0) is 19.5 Å². The Bertz CT molecular complexity index is 541. The average molecular weight is 281 g/mol. The van der Waals surface area contributed by atoms with Crippen molar-refractivity contribution in [2.24, 2.45) is 0 Å². The van der Waals surface area contributed by atoms with Crippen molar-refractivity contribution < 1.29 is 4.74 Å². The highest BCUT2D eigenvalue weighted by atomic mass is 35.5. The van der Waals surface area contributed by atoms with E-state index in [1.54, 1.807) is 18.3 Å². The van der Waals surface area contributed by atoms with Crippen molar-refractivity contribution >= 4 is 11.6 Å². The van der Waals surface area contributed by atoms with Crippen molar-refractivity contribution in [3.05, 3.63) is 35.2 Å². The van der Waals surface area contributed by atoms with Gasteiger partial charge in [0.1, 0.15) is 0 Å². The summed E-state index contributed by atoms with van der Waals surface area (Å²) in [6.45, 7) is 3.58. The lowest BCUT2D eigenvalue weighted by Crippen LogP contribution is -2.07. The van der Waals surface area contributed by atoms with Crippen molar-refractivity contribution in [1.29, 1.82) is 0 Å². The molecule has 0 radical (unpaired) electrons. The zero-order valence-corrected chi connectivity index (χ0v) is 11.8. The number of hydrogen-bond acceptors (Lipinski definition) is 4. The fourth-order valence-corrected chi connectivity index (χ4v) is 1.85. The quantitative estimate of drug-likeness (QED) is 0.884. The van der Waals surface area contributed by atoms with Gasteiger partial charge in [0.2, 0.25) is 5.88 Å². The summed E-state index contributed by atoms with van der Waals surface area (Å²) >= 11 is 6.05. The number of ether oxygens (including phenoxy) is 1. The molecule has 6 heteroatoms. The first-order valence-electron chi connectivity index (χ1n) is 6.23. The van der Waals surface area contributed by atoms with Crippen LogP contribution >= 0.6 is 11.6 Å². The molecule has 2 aromatic heterocycles. The van der Waals surface area contributed by atoms with Crippen LogP contribution in [-0.4, -0.2) is 21.8 Å². The molecule has 0 unspecified atom stereocenters. The predicted molar refractivity (Wildman–Crippen MR) is 74.6 cm³/mol. The van der Waals surface area contributed by atoms with E-state index in [-0.39, 0.29) is 0 Å². The van der Waals surface area contributed by atoms with Crippen LogP contribution in [0.2, 0.25) is 5.02 Å². The molecule has 0 amide bonds. The van der Waals surface area contributed by atoms with Gasteiger partial charge in [-0.1, -0.05) is 18.5 Å². The summed E-state index contributed by atoms with van der Waals surface area (Å²) in [4.78, 5) is 4.36. The summed E-state index contributed by atoms with van der Waals surface area (Å²) in [6.07, 6.45) is 4.58. The summed E-state index contributed by atoms with van der Waals surface area (Å²) in [5.74, 6) is 1.20. The van der Waals surface area contributed by atoms with Crippen LogP contribution in [0.1, 0.15) is 19.0 Å². The number of nitrogens with one attached hydrogen (secondary N) is 1. The van der Waals surface area contributed by atoms with Gasteiger partial charge in [-0.15, -0.1) is 0 Å². The monoisotopic (exact) mass is 280 g/mol. The lowest BCUT2D eigenvalue weighted by Gasteiger charge is -2.06. The van der Waals surface area contributed by atoms with Crippen LogP contribution in [0.15, 0.2) is 24.5 Å². The second-order valence-corrected chi connectivity index (χ2v) is 4.56. The largest absolute Gasteiger partial charge is 0.436 e. The highest BCUT2D eigenvalue weighted by Crippen LogP contribution is 2.22. The second kappa shape index (κ2) is 6.54. The Morgan fingerprint density at radius 3 is 3.00 bits per heavy atom. The van der Waals surface area contributed by atoms with Crippen molar-refractivity contribution in [2.75, 3.05) is 7.05 Å². The fraction of sp³-hybridized carbons (Fsp3) is 0.385. The Morgan fingerprint density at radius 2 is 2.26 bits per heavy atom. The minimum Gasteiger partial charge on any atom is -0.436 e. The number of aryl methyl sites for hydroxylation is 1. The summed E-state index contributed by atoms with van der Waals surface area (Å²) < 4.78 is 7.51. The summed E-state index contributed by atoms with van der Waals surface area (Å²) in [7, 11) is 1.85. The van der Waals surface area contributed by atoms with Gasteiger partial charge in [0, 0.05) is 19.2 Å². The Hall–Kier alpha value is -1.59. The number of rotatable bonds is 6. The molecule has 0 spiro atoms. The van der Waals surface area contributed by atoms with Crippen molar-refractivity contribution in [3.8, 4) is 11.6 Å². The van der Waals surface area contributed by atoms with E-state index in [0.29, 0.717) is 23.2 Å². The van der Waals surface area contributed by atoms with Crippen LogP contribution in [0.5, 0.6) is 11.6 Å². The molecule has 102 valence electrons. The van der Waals surface area contributed by atoms with Crippen LogP contribution in [0.25, 0.3) is 0 Å². The highest BCUT2D eigenvalue weighted by molar-refractivity contribution is 6.31. The number of hydrogen-bond donors (Lipinski definition) is 1. The normalized spacial score (nSPS) is 10.7. The number of pyridine rings is 1. The first kappa shape index (κ1) is 13.8. The Kier molecular flexibility index (Phi) is 4.76. The smallest absolute Gasteiger partial charge is 0.219 e. The van der Waals surface area contributed by atoms with Crippen LogP contribution in [0, 0.1) is 0 Å². The van der Waals surface area contributed by atoms with Gasteiger partial charge < -0.3 is 10.1 Å². The first-order valence-corrected chi connectivity index (χ1v) is 6.61. The van der Waals surface area contributed by atoms with Gasteiger partial charge in [0.05, 0.1) is 23.1 Å². The third-order valence-electron chi connectivity index (χ3n) is 2.52. The van der Waals surface area contributed by atoms with Crippen LogP contribution in [0.3, 0.4) is 0 Å². The third-order valence-corrected chi connectivity index (χ3v) is 2.87. The van der Waals surface area contributed by atoms with E-state index in [0.717, 1.165) is 18.7 Å². The Labute approximate surface area is 117 Å². The number of aromatic nitrogens is 3. The molecule has 0 fully saturated rings. The number of halogens is 1. The molecule has 0 saturated heterocycles. The minimum atomic E-state index is 0.519. The predicted octanol–water partition coefficient (Wildman–Crippen LogP) is 2.85. The molecule has 2 aromatic rings. The van der Waals surface area contributed by atoms with Crippen LogP contribution in [-0.2, 0) is 13.1 Å². The molecule has 0 aliphatic heterocycles. The maximum absolute atomic E-state index is 6.05. The first-order chi connectivity index (χ1) is 9.22. The third kappa shape index (κ3) is 3.68. The van der Waals surface area contributed by atoms with Crippen molar-refractivity contribution in [2.45, 2.75) is 26.4 Å². The molecule has 2 heterocycles. The zero-order chi connectivity index (χ0) is 13.7. The van der Waals surface area contributed by atoms with E-state index in [1.807, 2.05) is 17.9 Å². The van der Waals surface area contributed by atoms with E-state index in [9.17, 15) is 0 Å². The standard InChI is InChI=1S/C13H17ClN4O/c1-3-6-18-9-10(7-16-18)19-13-5-4-11(14)12(17-13)8-15-2/h4-5,7,9,15H,3,6,8H2,1-2H3. The average Bonchev–Trinajstić information content (AvgIpc) is 2.82. The Balaban J connectivity index is 2.11. The van der Waals surface area contributed by atoms with Gasteiger partial charge in [0.25, 0.3) is 0 Å². The SMILES string of the molecule is CCCn1cc(Oc2ccc(Cl)c(CNC)n2)cn1. The van der Waals surface area contributed by atoms with Gasteiger partial charge in [0.15, 0.2) is 5.75 Å². The molecule has 0 atom stereocenters. The summed E-state index contributed by atoms with van der Waals surface area (Å²) in [5.41, 5.74) is 0.766. The van der Waals surface area contributed by atoms with E-state index in [4.69, 9.17) is 16.3 Å². The molecular formula is C13H17ClN4O. The molecule has 2 rings (SSSR count). The fourth-order valence-electron chi connectivity index (χ4n) is 1.68. The summed E-state index contributed by atoms with van der Waals surface area (Å²) in [6, 6.07) is 3.53. The van der Waals surface area contributed by atoms with Gasteiger partial charge in [-0.25, -0.2) is 4.98 Å². The second-order valence-electron chi connectivity index (χ2n) is 4.15. The van der Waals surface area contributed by atoms with Crippen LogP contribution < -0.4 is 10.1 Å². The molecule has 0 aliphatic carbocycles. The molecule has 0 aliphatic rings. The molecule has 0 bridgehead atoms. The topological polar surface area (TPSA) is 52.0 Å². The molecule has 5 nitrogen and oxygen atoms in total. The molecular weight excluding hydrogens is 264 g/mol. The van der Waals surface area contributed by atoms with E-state index in [2.05, 4.69) is 22.3 Å². The van der Waals surface area contributed by atoms with Gasteiger partial charge in [-0.2, -0.15) is 5.10 Å². The summed E-state index contributed by atoms with van der Waals surface area (Å²) in [5, 5.41) is 7.85. The van der Waals surface area contributed by atoms with E-state index >= 15 is 0 Å². The lowest BCUT2D eigenvalue weighted by molar-refractivity contribution is 0.458. The van der Waals surface area contributed by atoms with Gasteiger partial charge >= 0.3 is 0 Å². The molecule has 19 heavy (non-hydrogen) atoms. The zero-order valence-electron chi connectivity index (χ0n) is 11.1. The number of nitrogens with zero attached hydrogens (tertiary/aromatic N) is 3. The molecule has 0 saturated carbocycles. The van der Waals surface area contributed by atoms with Crippen molar-refractivity contribution in [1.82, 2.24) is 20.1 Å². The van der Waals surface area contributed by atoms with E-state index in [1.165, 1.54) is 0 Å². The minimum absolute atomic E-state index is 0.519. The molecule has 0 aromatic carbocycles. The maximum atomic E-state index is 6.05.